The van der Waals surface area contributed by atoms with E-state index in [-0.39, 0.29) is 17.6 Å². The summed E-state index contributed by atoms with van der Waals surface area (Å²) in [6.07, 6.45) is 1.93. The van der Waals surface area contributed by atoms with Crippen LogP contribution in [-0.4, -0.2) is 70.2 Å². The number of halogens is 3. The molecule has 0 bridgehead atoms. The maximum Gasteiger partial charge on any atom is 0.573 e. The molecule has 36 heavy (non-hydrogen) atoms. The molecule has 10 heteroatoms. The standard InChI is InChI=1S/C26H30F3N5O2/c1-33-12-7-17(8-13-33)16-22-31-23-21(6-11-30-24(23)32-22)18-9-14-34(15-10-18)25(35)19-2-4-20(5-3-19)36-26(27,28)29/h2-6,11,17-18H,7-10,12-16H2,1H3,(H,30,31,32). The second-order valence-corrected chi connectivity index (χ2v) is 9.87. The van der Waals surface area contributed by atoms with Gasteiger partial charge in [0, 0.05) is 31.3 Å². The summed E-state index contributed by atoms with van der Waals surface area (Å²) in [5.41, 5.74) is 3.24. The van der Waals surface area contributed by atoms with Crippen molar-refractivity contribution < 1.29 is 22.7 Å². The van der Waals surface area contributed by atoms with Crippen molar-refractivity contribution in [2.45, 2.75) is 44.4 Å². The highest BCUT2D eigenvalue weighted by Gasteiger charge is 2.31. The molecule has 0 saturated carbocycles. The molecule has 1 N–H and O–H groups in total. The topological polar surface area (TPSA) is 74.3 Å². The Hall–Kier alpha value is -3.14. The van der Waals surface area contributed by atoms with E-state index >= 15 is 0 Å². The summed E-state index contributed by atoms with van der Waals surface area (Å²) in [5.74, 6) is 1.36. The Morgan fingerprint density at radius 1 is 1.06 bits per heavy atom. The third kappa shape index (κ3) is 5.64. The number of likely N-dealkylation sites (tertiary alicyclic amines) is 2. The SMILES string of the molecule is CN1CCC(Cc2nc3c(C4CCN(C(=O)c5ccc(OC(F)(F)F)cc5)CC4)ccnc3[nH]2)CC1. The number of H-pyrrole nitrogens is 1. The van der Waals surface area contributed by atoms with Crippen LogP contribution in [0.4, 0.5) is 13.2 Å². The average molecular weight is 502 g/mol. The molecule has 2 aliphatic rings. The maximum atomic E-state index is 12.9. The number of carbonyl (C=O) groups is 1. The van der Waals surface area contributed by atoms with E-state index in [1.807, 2.05) is 12.3 Å². The molecule has 2 aromatic heterocycles. The number of amides is 1. The van der Waals surface area contributed by atoms with E-state index < -0.39 is 6.36 Å². The molecule has 1 aromatic carbocycles. The molecule has 0 spiro atoms. The monoisotopic (exact) mass is 501 g/mol. The zero-order chi connectivity index (χ0) is 25.3. The lowest BCUT2D eigenvalue weighted by Gasteiger charge is -2.32. The predicted molar refractivity (Wildman–Crippen MR) is 129 cm³/mol. The lowest BCUT2D eigenvalue weighted by atomic mass is 9.89. The maximum absolute atomic E-state index is 12.9. The number of benzene rings is 1. The average Bonchev–Trinajstić information content (AvgIpc) is 3.27. The number of nitrogens with one attached hydrogen (secondary N) is 1. The van der Waals surface area contributed by atoms with Gasteiger partial charge in [-0.15, -0.1) is 13.2 Å². The number of carbonyl (C=O) groups excluding carboxylic acids is 1. The van der Waals surface area contributed by atoms with Crippen LogP contribution >= 0.6 is 0 Å². The molecule has 5 rings (SSSR count). The summed E-state index contributed by atoms with van der Waals surface area (Å²) >= 11 is 0. The number of hydrogen-bond donors (Lipinski definition) is 1. The van der Waals surface area contributed by atoms with E-state index in [1.165, 1.54) is 37.1 Å². The zero-order valence-corrected chi connectivity index (χ0v) is 20.2. The Bertz CT molecular complexity index is 1190. The number of ether oxygens (including phenoxy) is 1. The summed E-state index contributed by atoms with van der Waals surface area (Å²) in [5, 5.41) is 0. The number of fused-ring (bicyclic) bond motifs is 1. The van der Waals surface area contributed by atoms with Crippen molar-refractivity contribution >= 4 is 17.1 Å². The molecule has 2 saturated heterocycles. The number of piperidine rings is 2. The second-order valence-electron chi connectivity index (χ2n) is 9.87. The minimum absolute atomic E-state index is 0.188. The Balaban J connectivity index is 1.22. The summed E-state index contributed by atoms with van der Waals surface area (Å²) in [4.78, 5) is 29.9. The van der Waals surface area contributed by atoms with Gasteiger partial charge in [-0.2, -0.15) is 0 Å². The van der Waals surface area contributed by atoms with E-state index in [4.69, 9.17) is 4.98 Å². The minimum atomic E-state index is -4.76. The molecule has 3 aromatic rings. The zero-order valence-electron chi connectivity index (χ0n) is 20.2. The number of aromatic amines is 1. The van der Waals surface area contributed by atoms with Crippen molar-refractivity contribution in [3.63, 3.8) is 0 Å². The summed E-state index contributed by atoms with van der Waals surface area (Å²) in [7, 11) is 2.16. The van der Waals surface area contributed by atoms with Crippen LogP contribution in [0.2, 0.25) is 0 Å². The van der Waals surface area contributed by atoms with Crippen LogP contribution in [0.3, 0.4) is 0 Å². The van der Waals surface area contributed by atoms with Crippen LogP contribution in [-0.2, 0) is 6.42 Å². The predicted octanol–water partition coefficient (Wildman–Crippen LogP) is 4.76. The highest BCUT2D eigenvalue weighted by molar-refractivity contribution is 5.94. The van der Waals surface area contributed by atoms with Crippen molar-refractivity contribution in [1.29, 1.82) is 0 Å². The second kappa shape index (κ2) is 10.1. The van der Waals surface area contributed by atoms with Gasteiger partial charge in [0.1, 0.15) is 17.1 Å². The third-order valence-electron chi connectivity index (χ3n) is 7.34. The largest absolute Gasteiger partial charge is 0.573 e. The molecule has 1 amide bonds. The number of rotatable bonds is 5. The van der Waals surface area contributed by atoms with Gasteiger partial charge in [0.25, 0.3) is 5.91 Å². The molecule has 2 fully saturated rings. The highest BCUT2D eigenvalue weighted by atomic mass is 19.4. The molecule has 0 radical (unpaired) electrons. The minimum Gasteiger partial charge on any atom is -0.406 e. The van der Waals surface area contributed by atoms with Crippen LogP contribution in [0, 0.1) is 5.92 Å². The van der Waals surface area contributed by atoms with E-state index in [0.29, 0.717) is 24.6 Å². The Labute approximate surface area is 207 Å². The Morgan fingerprint density at radius 2 is 1.75 bits per heavy atom. The molecule has 4 heterocycles. The summed E-state index contributed by atoms with van der Waals surface area (Å²) in [6, 6.07) is 7.11. The molecule has 7 nitrogen and oxygen atoms in total. The molecule has 0 aliphatic carbocycles. The van der Waals surface area contributed by atoms with Crippen LogP contribution in [0.1, 0.15) is 53.3 Å². The Kier molecular flexibility index (Phi) is 6.87. The van der Waals surface area contributed by atoms with Gasteiger partial charge in [0.2, 0.25) is 0 Å². The fourth-order valence-electron chi connectivity index (χ4n) is 5.32. The fourth-order valence-corrected chi connectivity index (χ4v) is 5.32. The van der Waals surface area contributed by atoms with Crippen molar-refractivity contribution in [3.05, 3.63) is 53.5 Å². The normalized spacial score (nSPS) is 18.6. The molecular weight excluding hydrogens is 471 g/mol. The smallest absolute Gasteiger partial charge is 0.406 e. The van der Waals surface area contributed by atoms with Crippen LogP contribution in [0.5, 0.6) is 5.75 Å². The number of imidazole rings is 1. The first kappa shape index (κ1) is 24.5. The van der Waals surface area contributed by atoms with Gasteiger partial charge < -0.3 is 19.5 Å². The molecule has 0 atom stereocenters. The van der Waals surface area contributed by atoms with E-state index in [0.717, 1.165) is 54.9 Å². The quantitative estimate of drug-likeness (QED) is 0.546. The van der Waals surface area contributed by atoms with E-state index in [9.17, 15) is 18.0 Å². The van der Waals surface area contributed by atoms with E-state index in [2.05, 4.69) is 26.7 Å². The van der Waals surface area contributed by atoms with Gasteiger partial charge in [0.15, 0.2) is 5.65 Å². The van der Waals surface area contributed by atoms with Gasteiger partial charge in [-0.3, -0.25) is 4.79 Å². The molecule has 2 aliphatic heterocycles. The van der Waals surface area contributed by atoms with Gasteiger partial charge in [-0.05, 0) is 93.6 Å². The summed E-state index contributed by atoms with van der Waals surface area (Å²) < 4.78 is 41.0. The van der Waals surface area contributed by atoms with Crippen molar-refractivity contribution in [2.75, 3.05) is 33.2 Å². The van der Waals surface area contributed by atoms with E-state index in [1.54, 1.807) is 4.90 Å². The first-order chi connectivity index (χ1) is 17.2. The highest BCUT2D eigenvalue weighted by Crippen LogP contribution is 2.33. The molecular formula is C26H30F3N5O2. The molecule has 192 valence electrons. The Morgan fingerprint density at radius 3 is 2.42 bits per heavy atom. The van der Waals surface area contributed by atoms with Crippen LogP contribution in [0.15, 0.2) is 36.5 Å². The number of aromatic nitrogens is 3. The lowest BCUT2D eigenvalue weighted by molar-refractivity contribution is -0.274. The molecule has 0 unspecified atom stereocenters. The van der Waals surface area contributed by atoms with Gasteiger partial charge in [-0.1, -0.05) is 0 Å². The third-order valence-corrected chi connectivity index (χ3v) is 7.34. The first-order valence-electron chi connectivity index (χ1n) is 12.4. The van der Waals surface area contributed by atoms with Crippen molar-refractivity contribution in [1.82, 2.24) is 24.8 Å². The van der Waals surface area contributed by atoms with Gasteiger partial charge in [0.05, 0.1) is 0 Å². The van der Waals surface area contributed by atoms with Crippen LogP contribution in [0.25, 0.3) is 11.2 Å². The fraction of sp³-hybridized carbons (Fsp3) is 0.500. The van der Waals surface area contributed by atoms with Gasteiger partial charge in [-0.25, -0.2) is 9.97 Å². The number of pyridine rings is 1. The lowest BCUT2D eigenvalue weighted by Crippen LogP contribution is -2.38. The first-order valence-corrected chi connectivity index (χ1v) is 12.4. The number of alkyl halides is 3. The van der Waals surface area contributed by atoms with Crippen LogP contribution < -0.4 is 4.74 Å². The number of hydrogen-bond acceptors (Lipinski definition) is 5. The van der Waals surface area contributed by atoms with Crippen molar-refractivity contribution in [3.8, 4) is 5.75 Å². The number of nitrogens with zero attached hydrogens (tertiary/aromatic N) is 4. The van der Waals surface area contributed by atoms with Gasteiger partial charge >= 0.3 is 6.36 Å². The van der Waals surface area contributed by atoms with Crippen molar-refractivity contribution in [2.24, 2.45) is 5.92 Å². The summed E-state index contributed by atoms with van der Waals surface area (Å²) in [6.45, 7) is 3.39.